The van der Waals surface area contributed by atoms with Gasteiger partial charge in [-0.15, -0.1) is 0 Å². The molecule has 2 nitrogen and oxygen atoms in total. The minimum absolute atomic E-state index is 0.0469. The van der Waals surface area contributed by atoms with Crippen LogP contribution in [0.5, 0.6) is 0 Å². The number of hydrogen-bond donors (Lipinski definition) is 1. The van der Waals surface area contributed by atoms with Crippen LogP contribution in [0.4, 0.5) is 0 Å². The molecule has 15 heavy (non-hydrogen) atoms. The molecule has 1 atom stereocenters. The van der Waals surface area contributed by atoms with Crippen molar-refractivity contribution in [2.45, 2.75) is 32.3 Å². The summed E-state index contributed by atoms with van der Waals surface area (Å²) in [6.45, 7) is 6.77. The molecule has 0 heterocycles. The number of rotatable bonds is 3. The number of hydrogen-bond acceptors (Lipinski definition) is 2. The van der Waals surface area contributed by atoms with E-state index in [4.69, 9.17) is 4.74 Å². The lowest BCUT2D eigenvalue weighted by Gasteiger charge is -2.25. The molecule has 0 bridgehead atoms. The zero-order chi connectivity index (χ0) is 11.5. The molecule has 0 saturated heterocycles. The molecule has 84 valence electrons. The summed E-state index contributed by atoms with van der Waals surface area (Å²) in [7, 11) is 1.60. The maximum atomic E-state index is 9.94. The average Bonchev–Trinajstić information content (AvgIpc) is 2.17. The molecule has 0 fully saturated rings. The number of aliphatic hydroxyl groups excluding tert-OH is 1. The molecule has 0 amide bonds. The fraction of sp³-hybridized carbons (Fsp3) is 0.538. The first-order valence-electron chi connectivity index (χ1n) is 5.23. The minimum atomic E-state index is -0.537. The topological polar surface area (TPSA) is 29.5 Å². The summed E-state index contributed by atoms with van der Waals surface area (Å²) in [6, 6.07) is 7.98. The van der Waals surface area contributed by atoms with Gasteiger partial charge in [-0.3, -0.25) is 0 Å². The molecule has 1 aromatic rings. The van der Waals surface area contributed by atoms with Gasteiger partial charge in [-0.1, -0.05) is 45.0 Å². The Morgan fingerprint density at radius 2 is 1.87 bits per heavy atom. The summed E-state index contributed by atoms with van der Waals surface area (Å²) in [5.41, 5.74) is 2.19. The van der Waals surface area contributed by atoms with Gasteiger partial charge in [0.25, 0.3) is 0 Å². The van der Waals surface area contributed by atoms with E-state index in [-0.39, 0.29) is 5.41 Å². The van der Waals surface area contributed by atoms with Crippen LogP contribution in [0.2, 0.25) is 0 Å². The van der Waals surface area contributed by atoms with Gasteiger partial charge in [0.1, 0.15) is 6.10 Å². The zero-order valence-electron chi connectivity index (χ0n) is 9.95. The summed E-state index contributed by atoms with van der Waals surface area (Å²) < 4.78 is 4.98. The van der Waals surface area contributed by atoms with E-state index in [0.717, 1.165) is 5.56 Å². The number of benzene rings is 1. The van der Waals surface area contributed by atoms with Crippen molar-refractivity contribution >= 4 is 0 Å². The van der Waals surface area contributed by atoms with Gasteiger partial charge >= 0.3 is 0 Å². The van der Waals surface area contributed by atoms with Crippen molar-refractivity contribution in [3.05, 3.63) is 35.4 Å². The Balaban J connectivity index is 3.06. The third kappa shape index (κ3) is 3.05. The second-order valence-electron chi connectivity index (χ2n) is 4.81. The van der Waals surface area contributed by atoms with Gasteiger partial charge in [0.15, 0.2) is 0 Å². The molecule has 1 unspecified atom stereocenters. The van der Waals surface area contributed by atoms with Crippen LogP contribution in [-0.4, -0.2) is 18.8 Å². The van der Waals surface area contributed by atoms with Gasteiger partial charge < -0.3 is 9.84 Å². The third-order valence-corrected chi connectivity index (χ3v) is 2.45. The lowest BCUT2D eigenvalue weighted by molar-refractivity contribution is 0.0633. The molecule has 2 heteroatoms. The molecule has 0 aliphatic heterocycles. The molecule has 0 aromatic heterocycles. The Morgan fingerprint density at radius 3 is 2.40 bits per heavy atom. The van der Waals surface area contributed by atoms with Crippen LogP contribution >= 0.6 is 0 Å². The van der Waals surface area contributed by atoms with Crippen molar-refractivity contribution in [1.82, 2.24) is 0 Å². The predicted octanol–water partition coefficient (Wildman–Crippen LogP) is 2.66. The van der Waals surface area contributed by atoms with Crippen molar-refractivity contribution in [2.24, 2.45) is 0 Å². The Bertz CT molecular complexity index is 313. The van der Waals surface area contributed by atoms with Gasteiger partial charge in [0, 0.05) is 7.11 Å². The number of ether oxygens (including phenoxy) is 1. The summed E-state index contributed by atoms with van der Waals surface area (Å²) in [4.78, 5) is 0. The highest BCUT2D eigenvalue weighted by molar-refractivity contribution is 5.34. The molecule has 0 aliphatic carbocycles. The molecule has 1 rings (SSSR count). The van der Waals surface area contributed by atoms with Gasteiger partial charge in [0.2, 0.25) is 0 Å². The molecule has 1 aromatic carbocycles. The van der Waals surface area contributed by atoms with Crippen LogP contribution in [0, 0.1) is 0 Å². The van der Waals surface area contributed by atoms with Crippen LogP contribution in [0.15, 0.2) is 24.3 Å². The van der Waals surface area contributed by atoms with E-state index in [0.29, 0.717) is 6.61 Å². The van der Waals surface area contributed by atoms with Gasteiger partial charge in [-0.05, 0) is 16.5 Å². The van der Waals surface area contributed by atoms with Crippen LogP contribution in [0.3, 0.4) is 0 Å². The summed E-state index contributed by atoms with van der Waals surface area (Å²) >= 11 is 0. The van der Waals surface area contributed by atoms with E-state index < -0.39 is 6.10 Å². The molecule has 0 saturated carbocycles. The smallest absolute Gasteiger partial charge is 0.103 e. The number of methoxy groups -OCH3 is 1. The fourth-order valence-corrected chi connectivity index (χ4v) is 1.72. The Hall–Kier alpha value is -0.860. The van der Waals surface area contributed by atoms with Crippen molar-refractivity contribution in [2.75, 3.05) is 13.7 Å². The average molecular weight is 208 g/mol. The Labute approximate surface area is 91.9 Å². The van der Waals surface area contributed by atoms with Crippen molar-refractivity contribution in [3.63, 3.8) is 0 Å². The third-order valence-electron chi connectivity index (χ3n) is 2.45. The van der Waals surface area contributed by atoms with Crippen LogP contribution < -0.4 is 0 Å². The maximum Gasteiger partial charge on any atom is 0.103 e. The Morgan fingerprint density at radius 1 is 1.27 bits per heavy atom. The molecule has 0 aliphatic rings. The van der Waals surface area contributed by atoms with E-state index in [1.54, 1.807) is 7.11 Å². The van der Waals surface area contributed by atoms with E-state index in [1.807, 2.05) is 18.2 Å². The van der Waals surface area contributed by atoms with Crippen LogP contribution in [0.25, 0.3) is 0 Å². The first kappa shape index (κ1) is 12.2. The highest BCUT2D eigenvalue weighted by atomic mass is 16.5. The largest absolute Gasteiger partial charge is 0.386 e. The molecular formula is C13H20O2. The summed E-state index contributed by atoms with van der Waals surface area (Å²) in [5.74, 6) is 0. The second kappa shape index (κ2) is 4.77. The zero-order valence-corrected chi connectivity index (χ0v) is 9.95. The van der Waals surface area contributed by atoms with Crippen molar-refractivity contribution < 1.29 is 9.84 Å². The monoisotopic (exact) mass is 208 g/mol. The standard InChI is InChI=1S/C13H20O2/c1-13(2,3)11-8-6-5-7-10(11)12(14)9-15-4/h5-8,12,14H,9H2,1-4H3. The van der Waals surface area contributed by atoms with Crippen molar-refractivity contribution in [3.8, 4) is 0 Å². The molecule has 1 N–H and O–H groups in total. The highest BCUT2D eigenvalue weighted by Crippen LogP contribution is 2.29. The molecular weight excluding hydrogens is 188 g/mol. The lowest BCUT2D eigenvalue weighted by Crippen LogP contribution is -2.17. The van der Waals surface area contributed by atoms with Gasteiger partial charge in [0.05, 0.1) is 6.61 Å². The SMILES string of the molecule is COCC(O)c1ccccc1C(C)(C)C. The van der Waals surface area contributed by atoms with Gasteiger partial charge in [-0.2, -0.15) is 0 Å². The van der Waals surface area contributed by atoms with Gasteiger partial charge in [-0.25, -0.2) is 0 Å². The van der Waals surface area contributed by atoms with Crippen molar-refractivity contribution in [1.29, 1.82) is 0 Å². The quantitative estimate of drug-likeness (QED) is 0.827. The lowest BCUT2D eigenvalue weighted by atomic mass is 9.82. The Kier molecular flexibility index (Phi) is 3.89. The minimum Gasteiger partial charge on any atom is -0.386 e. The number of aliphatic hydroxyl groups is 1. The van der Waals surface area contributed by atoms with E-state index in [9.17, 15) is 5.11 Å². The first-order chi connectivity index (χ1) is 6.96. The summed E-state index contributed by atoms with van der Waals surface area (Å²) in [5, 5.41) is 9.94. The second-order valence-corrected chi connectivity index (χ2v) is 4.81. The van der Waals surface area contributed by atoms with E-state index in [2.05, 4.69) is 26.8 Å². The molecule has 0 spiro atoms. The normalized spacial score (nSPS) is 13.9. The van der Waals surface area contributed by atoms with E-state index in [1.165, 1.54) is 5.56 Å². The molecule has 0 radical (unpaired) electrons. The first-order valence-corrected chi connectivity index (χ1v) is 5.23. The van der Waals surface area contributed by atoms with Crippen LogP contribution in [0.1, 0.15) is 38.0 Å². The van der Waals surface area contributed by atoms with E-state index >= 15 is 0 Å². The highest BCUT2D eigenvalue weighted by Gasteiger charge is 2.20. The van der Waals surface area contributed by atoms with Crippen LogP contribution in [-0.2, 0) is 10.2 Å². The maximum absolute atomic E-state index is 9.94. The summed E-state index contributed by atoms with van der Waals surface area (Å²) in [6.07, 6.45) is -0.537. The fourth-order valence-electron chi connectivity index (χ4n) is 1.72. The predicted molar refractivity (Wildman–Crippen MR) is 62.0 cm³/mol.